The van der Waals surface area contributed by atoms with Gasteiger partial charge < -0.3 is 5.32 Å². The summed E-state index contributed by atoms with van der Waals surface area (Å²) in [5.74, 6) is 0.0447. The topological polar surface area (TPSA) is 44.4 Å². The molecule has 0 atom stereocenters. The zero-order valence-corrected chi connectivity index (χ0v) is 14.2. The summed E-state index contributed by atoms with van der Waals surface area (Å²) in [4.78, 5) is 13.0. The van der Waals surface area contributed by atoms with Gasteiger partial charge in [0.2, 0.25) is 0 Å². The number of amides is 1. The number of carbonyl (C=O) groups is 1. The summed E-state index contributed by atoms with van der Waals surface area (Å²) >= 11 is 5.40. The lowest BCUT2D eigenvalue weighted by Crippen LogP contribution is -2.47. The lowest BCUT2D eigenvalue weighted by molar-refractivity contribution is -0.130. The quantitative estimate of drug-likeness (QED) is 0.714. The number of nitrogens with one attached hydrogen (secondary N) is 2. The Bertz CT molecular complexity index is 510. The first-order valence-electron chi connectivity index (χ1n) is 8.11. The van der Waals surface area contributed by atoms with Crippen molar-refractivity contribution >= 4 is 28.9 Å². The highest BCUT2D eigenvalue weighted by Crippen LogP contribution is 2.29. The number of rotatable bonds is 8. The third kappa shape index (κ3) is 3.58. The van der Waals surface area contributed by atoms with Crippen LogP contribution in [0.5, 0.6) is 0 Å². The summed E-state index contributed by atoms with van der Waals surface area (Å²) in [6, 6.07) is 9.66. The van der Waals surface area contributed by atoms with Crippen LogP contribution in [0.4, 0.5) is 5.69 Å². The number of unbranched alkanes of at least 4 members (excludes halogenated alkanes) is 2. The molecule has 5 heteroatoms. The standard InChI is InChI=1S/C17H25N3OS/c1-3-5-12-17(13-6-4-2)15(21)20(16(22)18-17)19-14-10-8-7-9-11-14/h7-11,19H,3-6,12-13H2,1-2H3,(H,18,22). The molecule has 1 aromatic carbocycles. The maximum absolute atomic E-state index is 13.0. The molecule has 0 unspecified atom stereocenters. The van der Waals surface area contributed by atoms with Crippen LogP contribution >= 0.6 is 12.2 Å². The molecule has 120 valence electrons. The molecule has 1 saturated heterocycles. The molecule has 0 aliphatic carbocycles. The second-order valence-electron chi connectivity index (χ2n) is 5.84. The lowest BCUT2D eigenvalue weighted by Gasteiger charge is -2.27. The minimum absolute atomic E-state index is 0.0447. The van der Waals surface area contributed by atoms with Crippen LogP contribution in [0.3, 0.4) is 0 Å². The van der Waals surface area contributed by atoms with Crippen LogP contribution in [0.1, 0.15) is 52.4 Å². The van der Waals surface area contributed by atoms with Gasteiger partial charge in [-0.25, -0.2) is 0 Å². The second-order valence-corrected chi connectivity index (χ2v) is 6.22. The molecule has 1 heterocycles. The number of carbonyl (C=O) groups excluding carboxylic acids is 1. The molecule has 0 bridgehead atoms. The summed E-state index contributed by atoms with van der Waals surface area (Å²) in [6.45, 7) is 4.29. The molecule has 1 amide bonds. The van der Waals surface area contributed by atoms with Crippen LogP contribution in [0, 0.1) is 0 Å². The summed E-state index contributed by atoms with van der Waals surface area (Å²) < 4.78 is 0. The molecule has 2 N–H and O–H groups in total. The maximum atomic E-state index is 13.0. The van der Waals surface area contributed by atoms with E-state index in [0.717, 1.165) is 44.2 Å². The van der Waals surface area contributed by atoms with Gasteiger partial charge in [-0.05, 0) is 37.2 Å². The van der Waals surface area contributed by atoms with E-state index in [1.54, 1.807) is 0 Å². The molecule has 22 heavy (non-hydrogen) atoms. The van der Waals surface area contributed by atoms with Crippen molar-refractivity contribution in [3.8, 4) is 0 Å². The zero-order chi connectivity index (χ0) is 16.0. The lowest BCUT2D eigenvalue weighted by atomic mass is 9.87. The second kappa shape index (κ2) is 7.58. The van der Waals surface area contributed by atoms with E-state index in [2.05, 4.69) is 24.6 Å². The molecule has 0 saturated carbocycles. The Morgan fingerprint density at radius 3 is 2.27 bits per heavy atom. The smallest absolute Gasteiger partial charge is 0.273 e. The normalized spacial score (nSPS) is 16.7. The van der Waals surface area contributed by atoms with Gasteiger partial charge >= 0.3 is 0 Å². The highest BCUT2D eigenvalue weighted by atomic mass is 32.1. The third-order valence-electron chi connectivity index (χ3n) is 4.09. The fourth-order valence-electron chi connectivity index (χ4n) is 2.78. The van der Waals surface area contributed by atoms with E-state index in [9.17, 15) is 4.79 Å². The van der Waals surface area contributed by atoms with E-state index in [-0.39, 0.29) is 5.91 Å². The largest absolute Gasteiger partial charge is 0.346 e. The van der Waals surface area contributed by atoms with Crippen LogP contribution in [0.25, 0.3) is 0 Å². The van der Waals surface area contributed by atoms with Gasteiger partial charge in [-0.3, -0.25) is 10.2 Å². The summed E-state index contributed by atoms with van der Waals surface area (Å²) in [6.07, 6.45) is 5.84. The van der Waals surface area contributed by atoms with Crippen molar-refractivity contribution in [2.45, 2.75) is 57.9 Å². The van der Waals surface area contributed by atoms with E-state index in [1.165, 1.54) is 5.01 Å². The van der Waals surface area contributed by atoms with Crippen molar-refractivity contribution in [3.05, 3.63) is 30.3 Å². The van der Waals surface area contributed by atoms with Gasteiger partial charge in [-0.1, -0.05) is 57.7 Å². The average Bonchev–Trinajstić information content (AvgIpc) is 2.77. The number of hydrogen-bond acceptors (Lipinski definition) is 3. The number of benzene rings is 1. The molecule has 4 nitrogen and oxygen atoms in total. The Balaban J connectivity index is 2.16. The van der Waals surface area contributed by atoms with Crippen molar-refractivity contribution < 1.29 is 4.79 Å². The van der Waals surface area contributed by atoms with Gasteiger partial charge in [0.25, 0.3) is 5.91 Å². The summed E-state index contributed by atoms with van der Waals surface area (Å²) in [5, 5.41) is 5.27. The van der Waals surface area contributed by atoms with E-state index in [4.69, 9.17) is 12.2 Å². The fourth-order valence-corrected chi connectivity index (χ4v) is 3.11. The minimum Gasteiger partial charge on any atom is -0.346 e. The van der Waals surface area contributed by atoms with Crippen molar-refractivity contribution in [2.24, 2.45) is 0 Å². The Hall–Kier alpha value is -1.62. The molecule has 0 radical (unpaired) electrons. The van der Waals surface area contributed by atoms with E-state index in [0.29, 0.717) is 5.11 Å². The van der Waals surface area contributed by atoms with Crippen LogP contribution in [-0.2, 0) is 4.79 Å². The first-order chi connectivity index (χ1) is 10.6. The molecule has 0 spiro atoms. The summed E-state index contributed by atoms with van der Waals surface area (Å²) in [7, 11) is 0. The number of hydrogen-bond donors (Lipinski definition) is 2. The Morgan fingerprint density at radius 2 is 1.73 bits per heavy atom. The van der Waals surface area contributed by atoms with Gasteiger partial charge in [0.15, 0.2) is 5.11 Å². The van der Waals surface area contributed by atoms with Crippen molar-refractivity contribution in [1.29, 1.82) is 0 Å². The Kier molecular flexibility index (Phi) is 5.77. The van der Waals surface area contributed by atoms with Crippen LogP contribution in [-0.4, -0.2) is 21.6 Å². The molecule has 1 fully saturated rings. The predicted octanol–water partition coefficient (Wildman–Crippen LogP) is 3.85. The first-order valence-corrected chi connectivity index (χ1v) is 8.52. The molecule has 1 aliphatic heterocycles. The maximum Gasteiger partial charge on any atom is 0.273 e. The monoisotopic (exact) mass is 319 g/mol. The Morgan fingerprint density at radius 1 is 1.14 bits per heavy atom. The van der Waals surface area contributed by atoms with Crippen LogP contribution in [0.2, 0.25) is 0 Å². The zero-order valence-electron chi connectivity index (χ0n) is 13.4. The van der Waals surface area contributed by atoms with Gasteiger partial charge in [0.05, 0.1) is 5.69 Å². The number of thiocarbonyl (C=S) groups is 1. The van der Waals surface area contributed by atoms with Crippen LogP contribution < -0.4 is 10.7 Å². The fraction of sp³-hybridized carbons (Fsp3) is 0.529. The van der Waals surface area contributed by atoms with E-state index < -0.39 is 5.54 Å². The predicted molar refractivity (Wildman–Crippen MR) is 94.4 cm³/mol. The molecule has 0 aromatic heterocycles. The number of nitrogens with zero attached hydrogens (tertiary/aromatic N) is 1. The van der Waals surface area contributed by atoms with Crippen molar-refractivity contribution in [1.82, 2.24) is 10.3 Å². The number of hydrazine groups is 1. The highest BCUT2D eigenvalue weighted by Gasteiger charge is 2.48. The third-order valence-corrected chi connectivity index (χ3v) is 4.38. The van der Waals surface area contributed by atoms with Crippen molar-refractivity contribution in [3.63, 3.8) is 0 Å². The summed E-state index contributed by atoms with van der Waals surface area (Å²) in [5.41, 5.74) is 3.45. The highest BCUT2D eigenvalue weighted by molar-refractivity contribution is 7.80. The molecular formula is C17H25N3OS. The number of anilines is 1. The molecule has 1 aliphatic rings. The van der Waals surface area contributed by atoms with E-state index >= 15 is 0 Å². The SMILES string of the molecule is CCCCC1(CCCC)NC(=S)N(Nc2ccccc2)C1=O. The minimum atomic E-state index is -0.537. The van der Waals surface area contributed by atoms with Gasteiger partial charge in [0.1, 0.15) is 5.54 Å². The van der Waals surface area contributed by atoms with Gasteiger partial charge in [0, 0.05) is 0 Å². The van der Waals surface area contributed by atoms with Gasteiger partial charge in [-0.15, -0.1) is 0 Å². The van der Waals surface area contributed by atoms with Gasteiger partial charge in [-0.2, -0.15) is 5.01 Å². The number of para-hydroxylation sites is 1. The average molecular weight is 319 g/mol. The van der Waals surface area contributed by atoms with E-state index in [1.807, 2.05) is 30.3 Å². The Labute approximate surface area is 138 Å². The molecule has 2 rings (SSSR count). The first kappa shape index (κ1) is 16.7. The van der Waals surface area contributed by atoms with Crippen LogP contribution in [0.15, 0.2) is 30.3 Å². The van der Waals surface area contributed by atoms with Crippen molar-refractivity contribution in [2.75, 3.05) is 5.43 Å². The molecular weight excluding hydrogens is 294 g/mol. The molecule has 1 aromatic rings.